The van der Waals surface area contributed by atoms with Crippen LogP contribution in [0.4, 0.5) is 0 Å². The van der Waals surface area contributed by atoms with E-state index in [0.29, 0.717) is 18.1 Å². The van der Waals surface area contributed by atoms with Crippen molar-refractivity contribution in [1.82, 2.24) is 0 Å². The second-order valence-electron chi connectivity index (χ2n) is 3.22. The quantitative estimate of drug-likeness (QED) is 0.699. The predicted molar refractivity (Wildman–Crippen MR) is 60.0 cm³/mol. The first kappa shape index (κ1) is 12.4. The number of hydrogen-bond donors (Lipinski definition) is 0. The standard InChI is InChI=1S/C11H16O3S/c1-10-4-6-11(7-5-10)15(12)14-9-3-8-13-2/h4-7H,3,8-9H2,1-2H3. The van der Waals surface area contributed by atoms with Gasteiger partial charge in [0.2, 0.25) is 0 Å². The van der Waals surface area contributed by atoms with E-state index in [1.807, 2.05) is 31.2 Å². The summed E-state index contributed by atoms with van der Waals surface area (Å²) in [5.41, 5.74) is 1.15. The Hall–Kier alpha value is -0.710. The van der Waals surface area contributed by atoms with Gasteiger partial charge in [0.1, 0.15) is 0 Å². The molecule has 0 saturated heterocycles. The van der Waals surface area contributed by atoms with Gasteiger partial charge >= 0.3 is 0 Å². The highest BCUT2D eigenvalue weighted by molar-refractivity contribution is 7.80. The van der Waals surface area contributed by atoms with E-state index in [0.717, 1.165) is 12.0 Å². The summed E-state index contributed by atoms with van der Waals surface area (Å²) in [5.74, 6) is 0. The minimum absolute atomic E-state index is 0.453. The van der Waals surface area contributed by atoms with Gasteiger partial charge in [-0.15, -0.1) is 0 Å². The summed E-state index contributed by atoms with van der Waals surface area (Å²) in [4.78, 5) is 0.706. The zero-order valence-electron chi connectivity index (χ0n) is 9.06. The number of benzene rings is 1. The molecule has 1 unspecified atom stereocenters. The summed E-state index contributed by atoms with van der Waals surface area (Å²) in [6, 6.07) is 7.49. The Kier molecular flexibility index (Phi) is 5.53. The van der Waals surface area contributed by atoms with Crippen LogP contribution >= 0.6 is 0 Å². The molecule has 0 saturated carbocycles. The molecule has 0 aromatic heterocycles. The van der Waals surface area contributed by atoms with Crippen LogP contribution < -0.4 is 0 Å². The molecule has 0 N–H and O–H groups in total. The molecule has 4 heteroatoms. The van der Waals surface area contributed by atoms with Crippen molar-refractivity contribution in [2.24, 2.45) is 0 Å². The molecule has 1 atom stereocenters. The molecule has 1 aromatic carbocycles. The zero-order valence-corrected chi connectivity index (χ0v) is 9.88. The first-order valence-electron chi connectivity index (χ1n) is 4.84. The van der Waals surface area contributed by atoms with Crippen molar-refractivity contribution in [1.29, 1.82) is 0 Å². The van der Waals surface area contributed by atoms with Gasteiger partial charge < -0.3 is 4.74 Å². The van der Waals surface area contributed by atoms with Crippen LogP contribution in [0.3, 0.4) is 0 Å². The molecule has 0 spiro atoms. The Morgan fingerprint density at radius 2 is 1.87 bits per heavy atom. The van der Waals surface area contributed by atoms with Gasteiger partial charge in [-0.2, -0.15) is 0 Å². The van der Waals surface area contributed by atoms with Gasteiger partial charge in [0, 0.05) is 13.7 Å². The summed E-state index contributed by atoms with van der Waals surface area (Å²) in [5, 5.41) is 0. The Balaban J connectivity index is 2.37. The van der Waals surface area contributed by atoms with E-state index < -0.39 is 11.1 Å². The number of hydrogen-bond acceptors (Lipinski definition) is 3. The van der Waals surface area contributed by atoms with E-state index in [1.54, 1.807) is 7.11 Å². The normalized spacial score (nSPS) is 12.7. The molecule has 0 bridgehead atoms. The third-order valence-electron chi connectivity index (χ3n) is 1.90. The molecule has 0 radical (unpaired) electrons. The molecule has 1 aromatic rings. The fraction of sp³-hybridized carbons (Fsp3) is 0.455. The van der Waals surface area contributed by atoms with E-state index in [9.17, 15) is 4.21 Å². The molecule has 3 nitrogen and oxygen atoms in total. The highest BCUT2D eigenvalue weighted by Crippen LogP contribution is 2.09. The van der Waals surface area contributed by atoms with Crippen LogP contribution in [-0.2, 0) is 20.0 Å². The minimum Gasteiger partial charge on any atom is -0.385 e. The third kappa shape index (κ3) is 4.55. The van der Waals surface area contributed by atoms with Crippen LogP contribution in [0.5, 0.6) is 0 Å². The fourth-order valence-electron chi connectivity index (χ4n) is 1.06. The lowest BCUT2D eigenvalue weighted by atomic mass is 10.2. The second kappa shape index (κ2) is 6.71. The number of methoxy groups -OCH3 is 1. The number of aryl methyl sites for hydroxylation is 1. The molecular weight excluding hydrogens is 212 g/mol. The SMILES string of the molecule is COCCCOS(=O)c1ccc(C)cc1. The summed E-state index contributed by atoms with van der Waals surface area (Å²) in [7, 11) is 1.64. The monoisotopic (exact) mass is 228 g/mol. The van der Waals surface area contributed by atoms with Crippen LogP contribution in [0.25, 0.3) is 0 Å². The first-order chi connectivity index (χ1) is 7.24. The predicted octanol–water partition coefficient (Wildman–Crippen LogP) is 2.07. The van der Waals surface area contributed by atoms with Crippen molar-refractivity contribution < 1.29 is 13.1 Å². The highest BCUT2D eigenvalue weighted by atomic mass is 32.2. The maximum absolute atomic E-state index is 11.6. The van der Waals surface area contributed by atoms with Crippen LogP contribution in [0.15, 0.2) is 29.2 Å². The molecule has 0 aliphatic carbocycles. The highest BCUT2D eigenvalue weighted by Gasteiger charge is 2.03. The van der Waals surface area contributed by atoms with Crippen molar-refractivity contribution in [3.63, 3.8) is 0 Å². The van der Waals surface area contributed by atoms with Gasteiger partial charge in [0.25, 0.3) is 0 Å². The molecule has 84 valence electrons. The molecule has 15 heavy (non-hydrogen) atoms. The Morgan fingerprint density at radius 3 is 2.47 bits per heavy atom. The van der Waals surface area contributed by atoms with Crippen molar-refractivity contribution >= 4 is 11.1 Å². The third-order valence-corrected chi connectivity index (χ3v) is 2.93. The van der Waals surface area contributed by atoms with E-state index in [2.05, 4.69) is 0 Å². The van der Waals surface area contributed by atoms with Gasteiger partial charge in [-0.1, -0.05) is 17.7 Å². The maximum Gasteiger partial charge on any atom is 0.189 e. The van der Waals surface area contributed by atoms with Crippen molar-refractivity contribution in [2.45, 2.75) is 18.2 Å². The molecule has 0 aliphatic rings. The molecule has 1 rings (SSSR count). The Labute approximate surface area is 93.1 Å². The van der Waals surface area contributed by atoms with Gasteiger partial charge in [-0.3, -0.25) is 4.18 Å². The fourth-order valence-corrected chi connectivity index (χ4v) is 1.82. The lowest BCUT2D eigenvalue weighted by Gasteiger charge is -2.03. The van der Waals surface area contributed by atoms with E-state index in [1.165, 1.54) is 0 Å². The average Bonchev–Trinajstić information content (AvgIpc) is 2.25. The Bertz CT molecular complexity index is 308. The van der Waals surface area contributed by atoms with Crippen LogP contribution in [0.2, 0.25) is 0 Å². The zero-order chi connectivity index (χ0) is 11.1. The summed E-state index contributed by atoms with van der Waals surface area (Å²) >= 11 is -1.35. The van der Waals surface area contributed by atoms with Crippen molar-refractivity contribution in [3.05, 3.63) is 29.8 Å². The second-order valence-corrected chi connectivity index (χ2v) is 4.39. The smallest absolute Gasteiger partial charge is 0.189 e. The molecule has 0 aliphatic heterocycles. The Morgan fingerprint density at radius 1 is 1.20 bits per heavy atom. The lowest BCUT2D eigenvalue weighted by molar-refractivity contribution is 0.176. The van der Waals surface area contributed by atoms with Crippen LogP contribution in [0.1, 0.15) is 12.0 Å². The van der Waals surface area contributed by atoms with Gasteiger partial charge in [-0.05, 0) is 25.5 Å². The number of rotatable bonds is 6. The first-order valence-corrected chi connectivity index (χ1v) is 5.92. The molecular formula is C11H16O3S. The van der Waals surface area contributed by atoms with E-state index in [4.69, 9.17) is 8.92 Å². The van der Waals surface area contributed by atoms with E-state index >= 15 is 0 Å². The topological polar surface area (TPSA) is 35.5 Å². The molecule has 0 fully saturated rings. The number of ether oxygens (including phenoxy) is 1. The van der Waals surface area contributed by atoms with Gasteiger partial charge in [0.05, 0.1) is 11.5 Å². The summed E-state index contributed by atoms with van der Waals surface area (Å²) < 4.78 is 21.6. The lowest BCUT2D eigenvalue weighted by Crippen LogP contribution is -2.02. The van der Waals surface area contributed by atoms with Crippen molar-refractivity contribution in [2.75, 3.05) is 20.3 Å². The van der Waals surface area contributed by atoms with Crippen LogP contribution in [-0.4, -0.2) is 24.5 Å². The van der Waals surface area contributed by atoms with E-state index in [-0.39, 0.29) is 0 Å². The van der Waals surface area contributed by atoms with Crippen LogP contribution in [0, 0.1) is 6.92 Å². The minimum atomic E-state index is -1.35. The molecule has 0 amide bonds. The molecule has 0 heterocycles. The van der Waals surface area contributed by atoms with Crippen molar-refractivity contribution in [3.8, 4) is 0 Å². The summed E-state index contributed by atoms with van der Waals surface area (Å²) in [6.45, 7) is 3.07. The average molecular weight is 228 g/mol. The van der Waals surface area contributed by atoms with Gasteiger partial charge in [-0.25, -0.2) is 4.21 Å². The maximum atomic E-state index is 11.6. The largest absolute Gasteiger partial charge is 0.385 e. The summed E-state index contributed by atoms with van der Waals surface area (Å²) in [6.07, 6.45) is 0.758. The van der Waals surface area contributed by atoms with Gasteiger partial charge in [0.15, 0.2) is 11.1 Å².